The Morgan fingerprint density at radius 1 is 1.29 bits per heavy atom. The molecule has 0 saturated heterocycles. The first-order valence-corrected chi connectivity index (χ1v) is 4.80. The Balaban J connectivity index is 2.43. The number of carbonyl (C=O) groups excluding carboxylic acids is 2. The summed E-state index contributed by atoms with van der Waals surface area (Å²) >= 11 is 0. The zero-order chi connectivity index (χ0) is 12.6. The van der Waals surface area contributed by atoms with E-state index >= 15 is 0 Å². The van der Waals surface area contributed by atoms with Gasteiger partial charge in [0.05, 0.1) is 12.3 Å². The summed E-state index contributed by atoms with van der Waals surface area (Å²) in [6.07, 6.45) is -5.52. The van der Waals surface area contributed by atoms with Gasteiger partial charge in [0.1, 0.15) is 5.75 Å². The number of hydrogen-bond acceptors (Lipinski definition) is 3. The fourth-order valence-electron chi connectivity index (χ4n) is 1.73. The van der Waals surface area contributed by atoms with Crippen LogP contribution >= 0.6 is 0 Å². The summed E-state index contributed by atoms with van der Waals surface area (Å²) in [7, 11) is 0. The SMILES string of the molecule is O=C1C[C@H](C(=O)C(F)(F)F)c2ccccc2O1. The molecule has 0 saturated carbocycles. The lowest BCUT2D eigenvalue weighted by atomic mass is 9.89. The molecule has 6 heteroatoms. The molecule has 1 aromatic rings. The average molecular weight is 244 g/mol. The molecule has 0 aliphatic carbocycles. The molecule has 0 bridgehead atoms. The van der Waals surface area contributed by atoms with E-state index in [1.165, 1.54) is 24.3 Å². The number of alkyl halides is 3. The molecule has 3 nitrogen and oxygen atoms in total. The summed E-state index contributed by atoms with van der Waals surface area (Å²) in [6, 6.07) is 5.74. The van der Waals surface area contributed by atoms with Gasteiger partial charge in [0, 0.05) is 5.56 Å². The summed E-state index contributed by atoms with van der Waals surface area (Å²) in [5, 5.41) is 0. The molecular weight excluding hydrogens is 237 g/mol. The Morgan fingerprint density at radius 2 is 1.94 bits per heavy atom. The van der Waals surface area contributed by atoms with Gasteiger partial charge >= 0.3 is 12.1 Å². The van der Waals surface area contributed by atoms with Gasteiger partial charge in [-0.3, -0.25) is 9.59 Å². The third-order valence-electron chi connectivity index (χ3n) is 2.48. The van der Waals surface area contributed by atoms with Crippen LogP contribution in [0.1, 0.15) is 17.9 Å². The highest BCUT2D eigenvalue weighted by molar-refractivity contribution is 5.96. The summed E-state index contributed by atoms with van der Waals surface area (Å²) in [4.78, 5) is 22.3. The lowest BCUT2D eigenvalue weighted by molar-refractivity contribution is -0.174. The number of rotatable bonds is 1. The lowest BCUT2D eigenvalue weighted by Gasteiger charge is -2.23. The standard InChI is InChI=1S/C11H7F3O3/c12-11(13,14)10(16)7-5-9(15)17-8-4-2-1-3-6(7)8/h1-4,7H,5H2/t7-/m0/s1. The van der Waals surface area contributed by atoms with E-state index in [2.05, 4.69) is 0 Å². The molecule has 0 radical (unpaired) electrons. The van der Waals surface area contributed by atoms with Crippen LogP contribution in [0.25, 0.3) is 0 Å². The van der Waals surface area contributed by atoms with Gasteiger partial charge in [0.25, 0.3) is 0 Å². The summed E-state index contributed by atoms with van der Waals surface area (Å²) in [5.74, 6) is -4.22. The molecule has 0 N–H and O–H groups in total. The van der Waals surface area contributed by atoms with Crippen LogP contribution in [0.3, 0.4) is 0 Å². The van der Waals surface area contributed by atoms with Crippen molar-refractivity contribution in [3.63, 3.8) is 0 Å². The third kappa shape index (κ3) is 2.15. The van der Waals surface area contributed by atoms with Crippen molar-refractivity contribution >= 4 is 11.8 Å². The van der Waals surface area contributed by atoms with Gasteiger partial charge in [-0.05, 0) is 6.07 Å². The fourth-order valence-corrected chi connectivity index (χ4v) is 1.73. The highest BCUT2D eigenvalue weighted by Crippen LogP contribution is 2.38. The number of hydrogen-bond donors (Lipinski definition) is 0. The highest BCUT2D eigenvalue weighted by Gasteiger charge is 2.46. The minimum Gasteiger partial charge on any atom is -0.426 e. The van der Waals surface area contributed by atoms with Crippen LogP contribution in [0.4, 0.5) is 13.2 Å². The molecule has 1 heterocycles. The molecule has 0 amide bonds. The summed E-state index contributed by atoms with van der Waals surface area (Å²) in [6.45, 7) is 0. The molecule has 0 spiro atoms. The highest BCUT2D eigenvalue weighted by atomic mass is 19.4. The summed E-state index contributed by atoms with van der Waals surface area (Å²) in [5.41, 5.74) is 0.106. The number of halogens is 3. The second-order valence-electron chi connectivity index (χ2n) is 3.63. The van der Waals surface area contributed by atoms with E-state index in [4.69, 9.17) is 4.74 Å². The quantitative estimate of drug-likeness (QED) is 0.562. The predicted octanol–water partition coefficient (Wildman–Crippen LogP) is 2.21. The van der Waals surface area contributed by atoms with Crippen molar-refractivity contribution in [2.24, 2.45) is 0 Å². The van der Waals surface area contributed by atoms with Crippen LogP contribution < -0.4 is 4.74 Å². The molecule has 2 rings (SSSR count). The van der Waals surface area contributed by atoms with Gasteiger partial charge in [-0.2, -0.15) is 13.2 Å². The fraction of sp³-hybridized carbons (Fsp3) is 0.273. The van der Waals surface area contributed by atoms with Gasteiger partial charge in [0.15, 0.2) is 0 Å². The first kappa shape index (κ1) is 11.6. The summed E-state index contributed by atoms with van der Waals surface area (Å²) < 4.78 is 41.8. The van der Waals surface area contributed by atoms with Crippen molar-refractivity contribution in [3.8, 4) is 5.75 Å². The van der Waals surface area contributed by atoms with Gasteiger partial charge < -0.3 is 4.74 Å². The van der Waals surface area contributed by atoms with Crippen molar-refractivity contribution in [2.45, 2.75) is 18.5 Å². The molecule has 0 aromatic heterocycles. The van der Waals surface area contributed by atoms with Gasteiger partial charge in [-0.1, -0.05) is 18.2 Å². The number of para-hydroxylation sites is 1. The van der Waals surface area contributed by atoms with E-state index in [0.29, 0.717) is 0 Å². The maximum Gasteiger partial charge on any atom is 0.450 e. The van der Waals surface area contributed by atoms with Crippen LogP contribution in [-0.2, 0) is 9.59 Å². The number of Topliss-reactive ketones (excluding diaryl/α,β-unsaturated/α-hetero) is 1. The minimum absolute atomic E-state index is 0.0198. The molecule has 90 valence electrons. The Bertz CT molecular complexity index is 479. The lowest BCUT2D eigenvalue weighted by Crippen LogP contribution is -2.34. The molecule has 1 atom stereocenters. The predicted molar refractivity (Wildman–Crippen MR) is 50.5 cm³/mol. The number of esters is 1. The number of benzene rings is 1. The average Bonchev–Trinajstić information content (AvgIpc) is 2.25. The van der Waals surface area contributed by atoms with E-state index in [-0.39, 0.29) is 11.3 Å². The van der Waals surface area contributed by atoms with Crippen molar-refractivity contribution in [3.05, 3.63) is 29.8 Å². The van der Waals surface area contributed by atoms with Crippen molar-refractivity contribution < 1.29 is 27.5 Å². The van der Waals surface area contributed by atoms with Crippen LogP contribution in [0.5, 0.6) is 5.75 Å². The van der Waals surface area contributed by atoms with Crippen LogP contribution in [-0.4, -0.2) is 17.9 Å². The molecule has 1 aliphatic heterocycles. The Hall–Kier alpha value is -1.85. The molecule has 17 heavy (non-hydrogen) atoms. The van der Waals surface area contributed by atoms with Gasteiger partial charge in [-0.15, -0.1) is 0 Å². The maximum absolute atomic E-state index is 12.4. The van der Waals surface area contributed by atoms with Crippen molar-refractivity contribution in [1.29, 1.82) is 0 Å². The number of ketones is 1. The van der Waals surface area contributed by atoms with E-state index in [1.54, 1.807) is 0 Å². The largest absolute Gasteiger partial charge is 0.450 e. The topological polar surface area (TPSA) is 43.4 Å². The normalized spacial score (nSPS) is 19.5. The smallest absolute Gasteiger partial charge is 0.426 e. The number of fused-ring (bicyclic) bond motifs is 1. The van der Waals surface area contributed by atoms with Crippen molar-refractivity contribution in [2.75, 3.05) is 0 Å². The Morgan fingerprint density at radius 3 is 2.59 bits per heavy atom. The van der Waals surface area contributed by atoms with Gasteiger partial charge in [0.2, 0.25) is 5.78 Å². The van der Waals surface area contributed by atoms with Gasteiger partial charge in [-0.25, -0.2) is 0 Å². The first-order valence-electron chi connectivity index (χ1n) is 4.80. The molecule has 0 fully saturated rings. The maximum atomic E-state index is 12.4. The Labute approximate surface area is 94.2 Å². The number of ether oxygens (including phenoxy) is 1. The van der Waals surface area contributed by atoms with Crippen molar-refractivity contribution in [1.82, 2.24) is 0 Å². The Kier molecular flexibility index (Phi) is 2.65. The monoisotopic (exact) mass is 244 g/mol. The van der Waals surface area contributed by atoms with E-state index < -0.39 is 30.3 Å². The first-order chi connectivity index (χ1) is 7.89. The van der Waals surface area contributed by atoms with E-state index in [0.717, 1.165) is 0 Å². The van der Waals surface area contributed by atoms with E-state index in [9.17, 15) is 22.8 Å². The second-order valence-corrected chi connectivity index (χ2v) is 3.63. The van der Waals surface area contributed by atoms with Crippen LogP contribution in [0.15, 0.2) is 24.3 Å². The van der Waals surface area contributed by atoms with Crippen LogP contribution in [0, 0.1) is 0 Å². The van der Waals surface area contributed by atoms with Crippen LogP contribution in [0.2, 0.25) is 0 Å². The second kappa shape index (κ2) is 3.87. The molecular formula is C11H7F3O3. The zero-order valence-corrected chi connectivity index (χ0v) is 8.45. The van der Waals surface area contributed by atoms with E-state index in [1.807, 2.05) is 0 Å². The number of carbonyl (C=O) groups is 2. The molecule has 1 aromatic carbocycles. The minimum atomic E-state index is -4.95. The molecule has 0 unspecified atom stereocenters. The zero-order valence-electron chi connectivity index (χ0n) is 8.45. The molecule has 1 aliphatic rings. The third-order valence-corrected chi connectivity index (χ3v) is 2.48.